The predicted molar refractivity (Wildman–Crippen MR) is 69.2 cm³/mol. The van der Waals surface area contributed by atoms with E-state index in [4.69, 9.17) is 0 Å². The highest BCUT2D eigenvalue weighted by atomic mass is 16.4. The Morgan fingerprint density at radius 1 is 1.37 bits per heavy atom. The number of aliphatic carboxylic acids is 1. The Morgan fingerprint density at radius 2 is 2.05 bits per heavy atom. The van der Waals surface area contributed by atoms with Gasteiger partial charge in [0.15, 0.2) is 0 Å². The van der Waals surface area contributed by atoms with Crippen molar-refractivity contribution in [1.82, 2.24) is 4.90 Å². The summed E-state index contributed by atoms with van der Waals surface area (Å²) in [6.07, 6.45) is 1.09. The topological polar surface area (TPSA) is 77.8 Å². The van der Waals surface area contributed by atoms with Gasteiger partial charge >= 0.3 is 5.97 Å². The van der Waals surface area contributed by atoms with Crippen molar-refractivity contribution < 1.29 is 19.8 Å². The van der Waals surface area contributed by atoms with Crippen LogP contribution in [-0.2, 0) is 4.79 Å². The van der Waals surface area contributed by atoms with Crippen LogP contribution in [0.3, 0.4) is 0 Å². The third kappa shape index (κ3) is 2.05. The maximum atomic E-state index is 12.4. The smallest absolute Gasteiger partial charge is 0.329 e. The molecule has 1 fully saturated rings. The first kappa shape index (κ1) is 13.4. The zero-order chi connectivity index (χ0) is 14.2. The number of carbonyl (C=O) groups is 2. The van der Waals surface area contributed by atoms with Gasteiger partial charge in [-0.1, -0.05) is 12.1 Å². The monoisotopic (exact) mass is 263 g/mol. The molecule has 1 aromatic rings. The van der Waals surface area contributed by atoms with E-state index in [0.717, 1.165) is 0 Å². The third-order valence-electron chi connectivity index (χ3n) is 3.82. The van der Waals surface area contributed by atoms with Gasteiger partial charge in [-0.25, -0.2) is 4.79 Å². The number of amides is 1. The van der Waals surface area contributed by atoms with E-state index in [1.807, 2.05) is 0 Å². The highest BCUT2D eigenvalue weighted by Gasteiger charge is 2.46. The molecule has 102 valence electrons. The van der Waals surface area contributed by atoms with Crippen LogP contribution in [0, 0.1) is 6.92 Å². The molecule has 1 aromatic carbocycles. The van der Waals surface area contributed by atoms with Crippen LogP contribution in [0.4, 0.5) is 0 Å². The normalized spacial score (nSPS) is 22.5. The number of rotatable bonds is 2. The minimum absolute atomic E-state index is 0.0767. The number of hydrogen-bond donors (Lipinski definition) is 2. The molecule has 0 spiro atoms. The van der Waals surface area contributed by atoms with E-state index in [1.54, 1.807) is 26.0 Å². The first-order valence-corrected chi connectivity index (χ1v) is 6.22. The van der Waals surface area contributed by atoms with E-state index in [1.165, 1.54) is 11.0 Å². The van der Waals surface area contributed by atoms with Crippen molar-refractivity contribution in [2.45, 2.75) is 32.2 Å². The van der Waals surface area contributed by atoms with Crippen molar-refractivity contribution in [3.63, 3.8) is 0 Å². The lowest BCUT2D eigenvalue weighted by Crippen LogP contribution is -2.50. The molecule has 1 saturated heterocycles. The van der Waals surface area contributed by atoms with Crippen molar-refractivity contribution in [1.29, 1.82) is 0 Å². The second-order valence-corrected chi connectivity index (χ2v) is 5.11. The lowest BCUT2D eigenvalue weighted by molar-refractivity contribution is -0.147. The number of hydrogen-bond acceptors (Lipinski definition) is 3. The van der Waals surface area contributed by atoms with Crippen molar-refractivity contribution in [3.05, 3.63) is 29.3 Å². The summed E-state index contributed by atoms with van der Waals surface area (Å²) in [4.78, 5) is 25.1. The van der Waals surface area contributed by atoms with Gasteiger partial charge in [-0.3, -0.25) is 4.79 Å². The van der Waals surface area contributed by atoms with Gasteiger partial charge in [0.2, 0.25) is 0 Å². The summed E-state index contributed by atoms with van der Waals surface area (Å²) in [6, 6.07) is 4.90. The van der Waals surface area contributed by atoms with Crippen molar-refractivity contribution in [2.75, 3.05) is 6.54 Å². The number of carboxylic acids is 1. The minimum atomic E-state index is -1.19. The highest BCUT2D eigenvalue weighted by molar-refractivity contribution is 6.00. The van der Waals surface area contributed by atoms with Gasteiger partial charge in [-0.2, -0.15) is 0 Å². The van der Waals surface area contributed by atoms with Crippen LogP contribution in [0.25, 0.3) is 0 Å². The highest BCUT2D eigenvalue weighted by Crippen LogP contribution is 2.33. The molecule has 0 aliphatic carbocycles. The van der Waals surface area contributed by atoms with Gasteiger partial charge in [0.25, 0.3) is 5.91 Å². The molecule has 1 aliphatic rings. The first-order chi connectivity index (χ1) is 8.88. The van der Waals surface area contributed by atoms with Crippen LogP contribution >= 0.6 is 0 Å². The van der Waals surface area contributed by atoms with Gasteiger partial charge in [0.05, 0.1) is 5.56 Å². The van der Waals surface area contributed by atoms with E-state index < -0.39 is 17.4 Å². The largest absolute Gasteiger partial charge is 0.507 e. The second-order valence-electron chi connectivity index (χ2n) is 5.11. The van der Waals surface area contributed by atoms with Crippen molar-refractivity contribution >= 4 is 11.9 Å². The minimum Gasteiger partial charge on any atom is -0.507 e. The molecule has 1 atom stereocenters. The molecule has 5 heteroatoms. The molecule has 1 amide bonds. The lowest BCUT2D eigenvalue weighted by atomic mass is 9.98. The van der Waals surface area contributed by atoms with Crippen LogP contribution in [0.15, 0.2) is 18.2 Å². The quantitative estimate of drug-likeness (QED) is 0.852. The fourth-order valence-corrected chi connectivity index (χ4v) is 2.49. The maximum absolute atomic E-state index is 12.4. The maximum Gasteiger partial charge on any atom is 0.329 e. The molecule has 0 saturated carbocycles. The van der Waals surface area contributed by atoms with E-state index in [0.29, 0.717) is 24.9 Å². The Bertz CT molecular complexity index is 540. The Hall–Kier alpha value is -2.04. The molecular formula is C14H17NO4. The standard InChI is InChI=1S/C14H17NO4/c1-9-5-3-6-10(11(9)16)12(17)15-8-4-7-14(15,2)13(18)19/h3,5-6,16H,4,7-8H2,1-2H3,(H,18,19). The first-order valence-electron chi connectivity index (χ1n) is 6.22. The fourth-order valence-electron chi connectivity index (χ4n) is 2.49. The summed E-state index contributed by atoms with van der Waals surface area (Å²) >= 11 is 0. The number of likely N-dealkylation sites (tertiary alicyclic amines) is 1. The summed E-state index contributed by atoms with van der Waals surface area (Å²) in [7, 11) is 0. The number of para-hydroxylation sites is 1. The van der Waals surface area contributed by atoms with E-state index in [9.17, 15) is 19.8 Å². The van der Waals surface area contributed by atoms with Crippen LogP contribution in [0.5, 0.6) is 5.75 Å². The molecule has 0 aromatic heterocycles. The number of aromatic hydroxyl groups is 1. The molecule has 0 radical (unpaired) electrons. The molecule has 19 heavy (non-hydrogen) atoms. The Morgan fingerprint density at radius 3 is 2.68 bits per heavy atom. The number of phenolic OH excluding ortho intramolecular Hbond substituents is 1. The molecule has 1 heterocycles. The third-order valence-corrected chi connectivity index (χ3v) is 3.82. The fraction of sp³-hybridized carbons (Fsp3) is 0.429. The second kappa shape index (κ2) is 4.57. The van der Waals surface area contributed by atoms with Crippen LogP contribution in [0.2, 0.25) is 0 Å². The number of phenols is 1. The van der Waals surface area contributed by atoms with Gasteiger partial charge in [0, 0.05) is 6.54 Å². The number of benzene rings is 1. The Balaban J connectivity index is 2.39. The summed E-state index contributed by atoms with van der Waals surface area (Å²) in [5, 5.41) is 19.2. The van der Waals surface area contributed by atoms with Gasteiger partial charge in [-0.15, -0.1) is 0 Å². The van der Waals surface area contributed by atoms with Crippen LogP contribution in [-0.4, -0.2) is 39.1 Å². The zero-order valence-corrected chi connectivity index (χ0v) is 11.0. The average molecular weight is 263 g/mol. The molecule has 1 aliphatic heterocycles. The lowest BCUT2D eigenvalue weighted by Gasteiger charge is -2.31. The SMILES string of the molecule is Cc1cccc(C(=O)N2CCCC2(C)C(=O)O)c1O. The molecule has 2 N–H and O–H groups in total. The van der Waals surface area contributed by atoms with Gasteiger partial charge in [-0.05, 0) is 38.3 Å². The molecule has 5 nitrogen and oxygen atoms in total. The Labute approximate surface area is 111 Å². The molecule has 2 rings (SSSR count). The van der Waals surface area contributed by atoms with Crippen LogP contribution < -0.4 is 0 Å². The number of carboxylic acid groups (broad SMARTS) is 1. The summed E-state index contributed by atoms with van der Waals surface area (Å²) in [6.45, 7) is 3.65. The van der Waals surface area contributed by atoms with Crippen molar-refractivity contribution in [2.24, 2.45) is 0 Å². The predicted octanol–water partition coefficient (Wildman–Crippen LogP) is 1.78. The van der Waals surface area contributed by atoms with E-state index in [-0.39, 0.29) is 11.3 Å². The zero-order valence-electron chi connectivity index (χ0n) is 11.0. The summed E-state index contributed by atoms with van der Waals surface area (Å²) in [5.41, 5.74) is -0.427. The summed E-state index contributed by atoms with van der Waals surface area (Å²) < 4.78 is 0. The molecular weight excluding hydrogens is 246 g/mol. The van der Waals surface area contributed by atoms with E-state index in [2.05, 4.69) is 0 Å². The molecule has 0 bridgehead atoms. The number of nitrogens with zero attached hydrogens (tertiary/aromatic N) is 1. The summed E-state index contributed by atoms with van der Waals surface area (Å²) in [5.74, 6) is -1.51. The van der Waals surface area contributed by atoms with Gasteiger partial charge in [0.1, 0.15) is 11.3 Å². The number of carbonyl (C=O) groups excluding carboxylic acids is 1. The van der Waals surface area contributed by atoms with Crippen molar-refractivity contribution in [3.8, 4) is 5.75 Å². The van der Waals surface area contributed by atoms with Gasteiger partial charge < -0.3 is 15.1 Å². The Kier molecular flexibility index (Phi) is 3.22. The van der Waals surface area contributed by atoms with Crippen LogP contribution in [0.1, 0.15) is 35.7 Å². The number of aryl methyl sites for hydroxylation is 1. The average Bonchev–Trinajstić information content (AvgIpc) is 2.75. The van der Waals surface area contributed by atoms with E-state index >= 15 is 0 Å². The molecule has 1 unspecified atom stereocenters.